The molecule has 0 radical (unpaired) electrons. The number of ether oxygens (including phenoxy) is 1. The van der Waals surface area contributed by atoms with Crippen molar-refractivity contribution in [2.45, 2.75) is 122 Å². The van der Waals surface area contributed by atoms with Crippen LogP contribution in [0, 0.1) is 40.4 Å². The molecule has 3 N–H and O–H groups in total. The van der Waals surface area contributed by atoms with Crippen LogP contribution in [0.4, 0.5) is 0 Å². The molecule has 4 aliphatic carbocycles. The first kappa shape index (κ1) is 26.4. The molecule has 4 saturated carbocycles. The predicted octanol–water partition coefficient (Wildman–Crippen LogP) is 4.51. The smallest absolute Gasteiger partial charge is 0.390 e. The van der Waals surface area contributed by atoms with Gasteiger partial charge in [-0.05, 0) is 73.5 Å². The maximum atomic E-state index is 11.9. The van der Waals surface area contributed by atoms with Crippen molar-refractivity contribution in [2.24, 2.45) is 40.4 Å². The van der Waals surface area contributed by atoms with E-state index in [0.29, 0.717) is 43.6 Å². The fraction of sp³-hybridized carbons (Fsp3) is 1.00. The van der Waals surface area contributed by atoms with Gasteiger partial charge in [0.2, 0.25) is 0 Å². The monoisotopic (exact) mass is 514 g/mol. The quantitative estimate of drug-likeness (QED) is 0.428. The van der Waals surface area contributed by atoms with E-state index in [1.165, 1.54) is 25.7 Å². The first-order valence-corrected chi connectivity index (χ1v) is 15.3. The fourth-order valence-corrected chi connectivity index (χ4v) is 10.7. The Labute approximate surface area is 211 Å². The highest BCUT2D eigenvalue weighted by molar-refractivity contribution is 7.80. The van der Waals surface area contributed by atoms with Crippen molar-refractivity contribution in [3.8, 4) is 0 Å². The highest BCUT2D eigenvalue weighted by atomic mass is 32.3. The predicted molar refractivity (Wildman–Crippen MR) is 132 cm³/mol. The van der Waals surface area contributed by atoms with Gasteiger partial charge in [-0.1, -0.05) is 47.0 Å². The summed E-state index contributed by atoms with van der Waals surface area (Å²) in [6.07, 6.45) is 7.75. The number of aliphatic hydroxyl groups excluding tert-OH is 1. The molecule has 1 saturated heterocycles. The molecule has 0 aromatic rings. The third kappa shape index (κ3) is 3.87. The van der Waals surface area contributed by atoms with Crippen molar-refractivity contribution in [1.29, 1.82) is 0 Å². The van der Waals surface area contributed by atoms with Gasteiger partial charge in [0.05, 0.1) is 24.4 Å². The van der Waals surface area contributed by atoms with Crippen molar-refractivity contribution < 1.29 is 32.1 Å². The Hall–Kier alpha value is -0.250. The van der Waals surface area contributed by atoms with E-state index >= 15 is 0 Å². The molecule has 1 heterocycles. The summed E-state index contributed by atoms with van der Waals surface area (Å²) >= 11 is 0. The molecule has 0 aromatic heterocycles. The van der Waals surface area contributed by atoms with Crippen LogP contribution < -0.4 is 0 Å². The average molecular weight is 515 g/mol. The van der Waals surface area contributed by atoms with Gasteiger partial charge in [-0.15, -0.1) is 0 Å². The summed E-state index contributed by atoms with van der Waals surface area (Å²) in [5, 5.41) is 23.4. The Morgan fingerprint density at radius 1 is 1.03 bits per heavy atom. The van der Waals surface area contributed by atoms with E-state index in [2.05, 4.69) is 27.7 Å². The van der Waals surface area contributed by atoms with E-state index in [1.807, 2.05) is 0 Å². The Morgan fingerprint density at radius 3 is 2.46 bits per heavy atom. The fourth-order valence-electron chi connectivity index (χ4n) is 10.2. The zero-order valence-electron chi connectivity index (χ0n) is 21.9. The molecular weight excluding hydrogens is 468 g/mol. The van der Waals surface area contributed by atoms with Gasteiger partial charge in [0.25, 0.3) is 0 Å². The topological polar surface area (TPSA) is 113 Å². The lowest BCUT2D eigenvalue weighted by Crippen LogP contribution is -2.72. The molecule has 5 rings (SSSR count). The summed E-state index contributed by atoms with van der Waals surface area (Å²) < 4.78 is 43.5. The van der Waals surface area contributed by atoms with Crippen LogP contribution in [-0.2, 0) is 19.3 Å². The molecule has 202 valence electrons. The molecule has 1 spiro atoms. The second-order valence-electron chi connectivity index (χ2n) is 13.6. The second-order valence-corrected chi connectivity index (χ2v) is 14.6. The van der Waals surface area contributed by atoms with Gasteiger partial charge in [-0.3, -0.25) is 4.55 Å². The van der Waals surface area contributed by atoms with Crippen molar-refractivity contribution >= 4 is 10.4 Å². The van der Waals surface area contributed by atoms with Crippen LogP contribution >= 0.6 is 0 Å². The molecule has 2 bridgehead atoms. The zero-order valence-corrected chi connectivity index (χ0v) is 22.7. The molecule has 35 heavy (non-hydrogen) atoms. The summed E-state index contributed by atoms with van der Waals surface area (Å²) in [5.41, 5.74) is -2.30. The normalized spacial score (nSPS) is 50.0. The molecule has 1 unspecified atom stereocenters. The second kappa shape index (κ2) is 8.63. The summed E-state index contributed by atoms with van der Waals surface area (Å²) in [6, 6.07) is 0. The highest BCUT2D eigenvalue weighted by Crippen LogP contribution is 2.74. The van der Waals surface area contributed by atoms with Crippen molar-refractivity contribution in [3.63, 3.8) is 0 Å². The first-order chi connectivity index (χ1) is 16.3. The van der Waals surface area contributed by atoms with E-state index in [0.717, 1.165) is 25.2 Å². The van der Waals surface area contributed by atoms with Crippen LogP contribution in [0.2, 0.25) is 0 Å². The first-order valence-electron chi connectivity index (χ1n) is 14.0. The van der Waals surface area contributed by atoms with Crippen LogP contribution in [-0.4, -0.2) is 53.2 Å². The van der Waals surface area contributed by atoms with E-state index in [4.69, 9.17) is 8.92 Å². The minimum atomic E-state index is -4.62. The van der Waals surface area contributed by atoms with Crippen LogP contribution in [0.15, 0.2) is 0 Å². The molecule has 5 fully saturated rings. The largest absolute Gasteiger partial charge is 0.397 e. The minimum Gasteiger partial charge on any atom is -0.390 e. The summed E-state index contributed by atoms with van der Waals surface area (Å²) in [7, 11) is -4.62. The Kier molecular flexibility index (Phi) is 6.50. The van der Waals surface area contributed by atoms with Gasteiger partial charge >= 0.3 is 10.4 Å². The maximum absolute atomic E-state index is 11.9. The standard InChI is InChI=1S/C27H46O7S/c1-17(2)6-5-7-18(3)20-8-9-21-24(20,4)12-11-22-25-13-10-19(34-35(30,31)32)14-27(25,29)23(28)15-26(21,22)33-16-25/h17-23,28-29H,5-16H2,1-4H3,(H,30,31,32)/t18-,19?,20-,21-,22-,23-,24-,25+,26-,27+/m1/s1. The Bertz CT molecular complexity index is 922. The van der Waals surface area contributed by atoms with Crippen LogP contribution in [0.3, 0.4) is 0 Å². The number of aliphatic hydroxyl groups is 2. The minimum absolute atomic E-state index is 0.00133. The lowest BCUT2D eigenvalue weighted by Gasteiger charge is -2.64. The van der Waals surface area contributed by atoms with E-state index in [-0.39, 0.29) is 17.8 Å². The SMILES string of the molecule is CC(C)CCC[C@@H](C)[C@H]1CC[C@@H]2[C@]1(C)CC[C@H]1[C@@]23C[C@@H](O)[C@@]2(O)CC(OS(=O)(=O)O)CC[C@]12CO3. The van der Waals surface area contributed by atoms with Crippen LogP contribution in [0.1, 0.15) is 98.3 Å². The third-order valence-electron chi connectivity index (χ3n) is 11.6. The van der Waals surface area contributed by atoms with Crippen molar-refractivity contribution in [3.05, 3.63) is 0 Å². The third-order valence-corrected chi connectivity index (χ3v) is 12.1. The molecule has 1 aliphatic heterocycles. The van der Waals surface area contributed by atoms with Gasteiger partial charge < -0.3 is 14.9 Å². The lowest BCUT2D eigenvalue weighted by molar-refractivity contribution is -0.258. The van der Waals surface area contributed by atoms with Crippen molar-refractivity contribution in [1.82, 2.24) is 0 Å². The maximum Gasteiger partial charge on any atom is 0.397 e. The number of fused-ring (bicyclic) bond motifs is 1. The number of hydrogen-bond acceptors (Lipinski definition) is 6. The average Bonchev–Trinajstić information content (AvgIpc) is 3.23. The summed E-state index contributed by atoms with van der Waals surface area (Å²) in [4.78, 5) is 0. The summed E-state index contributed by atoms with van der Waals surface area (Å²) in [5.74, 6) is 2.60. The van der Waals surface area contributed by atoms with Crippen LogP contribution in [0.5, 0.6) is 0 Å². The van der Waals surface area contributed by atoms with Gasteiger partial charge in [0.15, 0.2) is 0 Å². The van der Waals surface area contributed by atoms with E-state index < -0.39 is 39.2 Å². The number of rotatable bonds is 7. The number of hydrogen-bond donors (Lipinski definition) is 3. The molecule has 7 nitrogen and oxygen atoms in total. The summed E-state index contributed by atoms with van der Waals surface area (Å²) in [6.45, 7) is 9.90. The van der Waals surface area contributed by atoms with E-state index in [1.54, 1.807) is 0 Å². The van der Waals surface area contributed by atoms with Crippen molar-refractivity contribution in [2.75, 3.05) is 6.61 Å². The van der Waals surface area contributed by atoms with Crippen LogP contribution in [0.25, 0.3) is 0 Å². The zero-order chi connectivity index (χ0) is 25.4. The Balaban J connectivity index is 1.39. The molecule has 10 atom stereocenters. The highest BCUT2D eigenvalue weighted by Gasteiger charge is 2.78. The van der Waals surface area contributed by atoms with Gasteiger partial charge in [-0.2, -0.15) is 8.42 Å². The Morgan fingerprint density at radius 2 is 1.77 bits per heavy atom. The molecular formula is C27H46O7S. The van der Waals surface area contributed by atoms with Gasteiger partial charge in [0, 0.05) is 18.3 Å². The molecule has 5 aliphatic rings. The molecule has 8 heteroatoms. The molecule has 0 aromatic carbocycles. The van der Waals surface area contributed by atoms with Gasteiger partial charge in [-0.25, -0.2) is 4.18 Å². The van der Waals surface area contributed by atoms with E-state index in [9.17, 15) is 23.2 Å². The lowest BCUT2D eigenvalue weighted by atomic mass is 9.42. The van der Waals surface area contributed by atoms with Gasteiger partial charge in [0.1, 0.15) is 5.60 Å². The molecule has 0 amide bonds.